The molecule has 0 spiro atoms. The zero-order valence-electron chi connectivity index (χ0n) is 15.2. The van der Waals surface area contributed by atoms with Gasteiger partial charge in [-0.15, -0.1) is 0 Å². The van der Waals surface area contributed by atoms with E-state index < -0.39 is 5.91 Å². The second-order valence-electron chi connectivity index (χ2n) is 5.85. The normalized spacial score (nSPS) is 10.6. The third-order valence-corrected chi connectivity index (χ3v) is 4.16. The smallest absolute Gasteiger partial charge is 0.321 e. The van der Waals surface area contributed by atoms with E-state index in [1.165, 1.54) is 0 Å². The Kier molecular flexibility index (Phi) is 5.80. The van der Waals surface area contributed by atoms with E-state index in [0.29, 0.717) is 13.1 Å². The van der Waals surface area contributed by atoms with E-state index >= 15 is 0 Å². The van der Waals surface area contributed by atoms with Crippen LogP contribution in [-0.4, -0.2) is 39.7 Å². The topological polar surface area (TPSA) is 93.2 Å². The Balaban J connectivity index is 2.22. The van der Waals surface area contributed by atoms with E-state index in [0.717, 1.165) is 28.2 Å². The van der Waals surface area contributed by atoms with Crippen LogP contribution in [0.3, 0.4) is 0 Å². The van der Waals surface area contributed by atoms with Crippen LogP contribution in [0.25, 0.3) is 11.1 Å². The maximum absolute atomic E-state index is 12.1. The van der Waals surface area contributed by atoms with E-state index in [1.807, 2.05) is 52.0 Å². The lowest BCUT2D eigenvalue weighted by atomic mass is 10.0. The molecule has 0 radical (unpaired) electrons. The van der Waals surface area contributed by atoms with E-state index in [-0.39, 0.29) is 12.6 Å². The lowest BCUT2D eigenvalue weighted by Crippen LogP contribution is -2.34. The molecular weight excluding hydrogens is 318 g/mol. The van der Waals surface area contributed by atoms with Crippen molar-refractivity contribution < 1.29 is 9.59 Å². The number of carbonyl (C=O) groups excluding carboxylic acids is 2. The monoisotopic (exact) mass is 343 g/mol. The summed E-state index contributed by atoms with van der Waals surface area (Å²) in [5.74, 6) is -0.424. The molecule has 0 fully saturated rings. The first-order chi connectivity index (χ1) is 11.9. The quantitative estimate of drug-likeness (QED) is 0.844. The largest absolute Gasteiger partial charge is 0.368 e. The summed E-state index contributed by atoms with van der Waals surface area (Å²) >= 11 is 0. The van der Waals surface area contributed by atoms with E-state index in [4.69, 9.17) is 5.73 Å². The Hall–Kier alpha value is -2.83. The molecule has 3 amide bonds. The molecule has 0 unspecified atom stereocenters. The minimum atomic E-state index is -0.424. The number of anilines is 1. The van der Waals surface area contributed by atoms with Gasteiger partial charge in [0, 0.05) is 30.0 Å². The summed E-state index contributed by atoms with van der Waals surface area (Å²) < 4.78 is 1.61. The van der Waals surface area contributed by atoms with Crippen LogP contribution in [0.15, 0.2) is 24.3 Å². The fraction of sp³-hybridized carbons (Fsp3) is 0.389. The van der Waals surface area contributed by atoms with Gasteiger partial charge in [-0.1, -0.05) is 12.1 Å². The number of hydrogen-bond acceptors (Lipinski definition) is 3. The number of nitrogens with zero attached hydrogens (tertiary/aromatic N) is 3. The number of nitrogens with two attached hydrogens (primary N) is 1. The van der Waals surface area contributed by atoms with Crippen molar-refractivity contribution in [1.82, 2.24) is 14.7 Å². The van der Waals surface area contributed by atoms with Crippen molar-refractivity contribution in [3.05, 3.63) is 35.7 Å². The molecule has 0 bridgehead atoms. The van der Waals surface area contributed by atoms with Crippen LogP contribution >= 0.6 is 0 Å². The Labute approximate surface area is 147 Å². The molecule has 134 valence electrons. The number of urea groups is 1. The maximum atomic E-state index is 12.1. The Morgan fingerprint density at radius 3 is 2.28 bits per heavy atom. The van der Waals surface area contributed by atoms with Crippen LogP contribution in [0.1, 0.15) is 25.2 Å². The lowest BCUT2D eigenvalue weighted by molar-refractivity contribution is -0.118. The van der Waals surface area contributed by atoms with Crippen LogP contribution in [0, 0.1) is 13.8 Å². The Morgan fingerprint density at radius 2 is 1.76 bits per heavy atom. The van der Waals surface area contributed by atoms with Crippen LogP contribution in [-0.2, 0) is 11.3 Å². The average Bonchev–Trinajstić information content (AvgIpc) is 2.83. The van der Waals surface area contributed by atoms with Gasteiger partial charge in [-0.3, -0.25) is 9.48 Å². The third kappa shape index (κ3) is 4.17. The Bertz CT molecular complexity index is 761. The molecule has 25 heavy (non-hydrogen) atoms. The molecular formula is C18H25N5O2. The molecule has 2 aromatic rings. The van der Waals surface area contributed by atoms with E-state index in [2.05, 4.69) is 10.4 Å². The van der Waals surface area contributed by atoms with Gasteiger partial charge in [0.15, 0.2) is 0 Å². The van der Waals surface area contributed by atoms with Gasteiger partial charge in [0.05, 0.1) is 5.69 Å². The minimum absolute atomic E-state index is 0.0602. The van der Waals surface area contributed by atoms with Crippen LogP contribution in [0.2, 0.25) is 0 Å². The van der Waals surface area contributed by atoms with Crippen LogP contribution < -0.4 is 11.1 Å². The lowest BCUT2D eigenvalue weighted by Gasteiger charge is -2.19. The molecule has 0 saturated carbocycles. The van der Waals surface area contributed by atoms with Gasteiger partial charge in [-0.2, -0.15) is 5.10 Å². The number of benzene rings is 1. The second kappa shape index (κ2) is 7.83. The number of aryl methyl sites for hydroxylation is 1. The third-order valence-electron chi connectivity index (χ3n) is 4.16. The molecule has 0 aliphatic rings. The summed E-state index contributed by atoms with van der Waals surface area (Å²) in [6.07, 6.45) is 0. The first-order valence-corrected chi connectivity index (χ1v) is 8.36. The van der Waals surface area contributed by atoms with Crippen LogP contribution in [0.4, 0.5) is 10.5 Å². The highest BCUT2D eigenvalue weighted by Gasteiger charge is 2.15. The van der Waals surface area contributed by atoms with Gasteiger partial charge in [-0.05, 0) is 45.4 Å². The molecule has 1 aromatic heterocycles. The SMILES string of the molecule is CCN(CC)C(=O)Nc1ccc(-c2c(C)nn(CC(N)=O)c2C)cc1. The van der Waals surface area contributed by atoms with Gasteiger partial charge in [0.25, 0.3) is 0 Å². The molecule has 7 heteroatoms. The summed E-state index contributed by atoms with van der Waals surface area (Å²) in [5, 5.41) is 7.27. The fourth-order valence-electron chi connectivity index (χ4n) is 2.85. The molecule has 3 N–H and O–H groups in total. The molecule has 0 aliphatic carbocycles. The highest BCUT2D eigenvalue weighted by molar-refractivity contribution is 5.89. The van der Waals surface area contributed by atoms with Gasteiger partial charge in [-0.25, -0.2) is 4.79 Å². The predicted octanol–water partition coefficient (Wildman–Crippen LogP) is 2.53. The number of aromatic nitrogens is 2. The summed E-state index contributed by atoms with van der Waals surface area (Å²) in [4.78, 5) is 25.0. The molecule has 1 aromatic carbocycles. The maximum Gasteiger partial charge on any atom is 0.321 e. The van der Waals surface area contributed by atoms with Crippen molar-refractivity contribution in [1.29, 1.82) is 0 Å². The van der Waals surface area contributed by atoms with Gasteiger partial charge < -0.3 is 16.0 Å². The number of amides is 3. The van der Waals surface area contributed by atoms with Crippen molar-refractivity contribution in [2.75, 3.05) is 18.4 Å². The minimum Gasteiger partial charge on any atom is -0.368 e. The zero-order valence-corrected chi connectivity index (χ0v) is 15.2. The van der Waals surface area contributed by atoms with Crippen LogP contribution in [0.5, 0.6) is 0 Å². The highest BCUT2D eigenvalue weighted by atomic mass is 16.2. The summed E-state index contributed by atoms with van der Waals surface area (Å²) in [6, 6.07) is 7.48. The first-order valence-electron chi connectivity index (χ1n) is 8.36. The fourth-order valence-corrected chi connectivity index (χ4v) is 2.85. The molecule has 0 atom stereocenters. The molecule has 0 saturated heterocycles. The van der Waals surface area contributed by atoms with Crippen molar-refractivity contribution in [3.63, 3.8) is 0 Å². The van der Waals surface area contributed by atoms with Gasteiger partial charge >= 0.3 is 6.03 Å². The number of hydrogen-bond donors (Lipinski definition) is 2. The number of rotatable bonds is 6. The van der Waals surface area contributed by atoms with Crippen molar-refractivity contribution in [2.45, 2.75) is 34.2 Å². The standard InChI is InChI=1S/C18H25N5O2/c1-5-22(6-2)18(25)20-15-9-7-14(8-10-15)17-12(3)21-23(13(17)4)11-16(19)24/h7-10H,5-6,11H2,1-4H3,(H2,19,24)(H,20,25). The van der Waals surface area contributed by atoms with E-state index in [1.54, 1.807) is 9.58 Å². The summed E-state index contributed by atoms with van der Waals surface area (Å²) in [6.45, 7) is 9.09. The van der Waals surface area contributed by atoms with Gasteiger partial charge in [0.2, 0.25) is 5.91 Å². The van der Waals surface area contributed by atoms with Crippen molar-refractivity contribution in [2.24, 2.45) is 5.73 Å². The predicted molar refractivity (Wildman–Crippen MR) is 98.3 cm³/mol. The van der Waals surface area contributed by atoms with E-state index in [9.17, 15) is 9.59 Å². The summed E-state index contributed by atoms with van der Waals surface area (Å²) in [5.41, 5.74) is 9.67. The highest BCUT2D eigenvalue weighted by Crippen LogP contribution is 2.28. The molecule has 1 heterocycles. The molecule has 2 rings (SSSR count). The molecule has 7 nitrogen and oxygen atoms in total. The van der Waals surface area contributed by atoms with Crippen molar-refractivity contribution in [3.8, 4) is 11.1 Å². The Morgan fingerprint density at radius 1 is 1.16 bits per heavy atom. The summed E-state index contributed by atoms with van der Waals surface area (Å²) in [7, 11) is 0. The zero-order chi connectivity index (χ0) is 18.6. The number of carbonyl (C=O) groups is 2. The second-order valence-corrected chi connectivity index (χ2v) is 5.85. The first kappa shape index (κ1) is 18.5. The molecule has 0 aliphatic heterocycles. The van der Waals surface area contributed by atoms with Gasteiger partial charge in [0.1, 0.15) is 6.54 Å². The number of nitrogens with one attached hydrogen (secondary N) is 1. The average molecular weight is 343 g/mol. The number of primary amides is 1. The van der Waals surface area contributed by atoms with Crippen molar-refractivity contribution >= 4 is 17.6 Å².